The van der Waals surface area contributed by atoms with Gasteiger partial charge in [-0.3, -0.25) is 14.5 Å². The molecule has 2 heterocycles. The minimum atomic E-state index is -0.875. The number of benzene rings is 1. The van der Waals surface area contributed by atoms with E-state index in [1.807, 2.05) is 30.3 Å². The van der Waals surface area contributed by atoms with Crippen molar-refractivity contribution in [3.8, 4) is 0 Å². The molecule has 2 aromatic rings. The van der Waals surface area contributed by atoms with Gasteiger partial charge >= 0.3 is 6.03 Å². The Kier molecular flexibility index (Phi) is 6.09. The number of hydrogen-bond donors (Lipinski definition) is 2. The fourth-order valence-corrected chi connectivity index (χ4v) is 3.38. The van der Waals surface area contributed by atoms with Crippen LogP contribution in [0.25, 0.3) is 0 Å². The molecule has 1 atom stereocenters. The van der Waals surface area contributed by atoms with Crippen LogP contribution in [0.15, 0.2) is 30.3 Å². The van der Waals surface area contributed by atoms with E-state index >= 15 is 0 Å². The highest BCUT2D eigenvalue weighted by Crippen LogP contribution is 2.17. The molecule has 1 fully saturated rings. The Morgan fingerprint density at radius 2 is 2.07 bits per heavy atom. The van der Waals surface area contributed by atoms with Crippen molar-refractivity contribution in [3.05, 3.63) is 40.9 Å². The summed E-state index contributed by atoms with van der Waals surface area (Å²) < 4.78 is 4.94. The van der Waals surface area contributed by atoms with Crippen molar-refractivity contribution in [2.75, 3.05) is 19.0 Å². The molecule has 1 aromatic heterocycles. The van der Waals surface area contributed by atoms with Crippen molar-refractivity contribution in [3.63, 3.8) is 0 Å². The SMILES string of the molecule is COCc1nnc(NC(=O)C[C@H]2NC(=O)N(CCc3ccccc3)C2=O)s1. The molecule has 0 radical (unpaired) electrons. The molecule has 4 amide bonds. The van der Waals surface area contributed by atoms with Crippen LogP contribution in [0.4, 0.5) is 9.93 Å². The molecule has 9 nitrogen and oxygen atoms in total. The highest BCUT2D eigenvalue weighted by molar-refractivity contribution is 7.15. The van der Waals surface area contributed by atoms with Gasteiger partial charge in [-0.1, -0.05) is 41.7 Å². The van der Waals surface area contributed by atoms with Gasteiger partial charge in [0.15, 0.2) is 0 Å². The zero-order chi connectivity index (χ0) is 19.2. The molecule has 1 saturated heterocycles. The quantitative estimate of drug-likeness (QED) is 0.656. The summed E-state index contributed by atoms with van der Waals surface area (Å²) in [6.45, 7) is 0.574. The molecule has 3 rings (SSSR count). The maximum absolute atomic E-state index is 12.4. The second-order valence-corrected chi connectivity index (χ2v) is 6.98. The Hall–Kier alpha value is -2.85. The molecular weight excluding hydrogens is 370 g/mol. The first-order chi connectivity index (χ1) is 13.1. The van der Waals surface area contributed by atoms with E-state index in [0.717, 1.165) is 10.5 Å². The van der Waals surface area contributed by atoms with Gasteiger partial charge in [0, 0.05) is 13.7 Å². The summed E-state index contributed by atoms with van der Waals surface area (Å²) in [5.74, 6) is -0.818. The van der Waals surface area contributed by atoms with Crippen LogP contribution in [-0.4, -0.2) is 52.6 Å². The topological polar surface area (TPSA) is 114 Å². The van der Waals surface area contributed by atoms with Crippen LogP contribution in [0.3, 0.4) is 0 Å². The van der Waals surface area contributed by atoms with Crippen LogP contribution in [0.5, 0.6) is 0 Å². The van der Waals surface area contributed by atoms with Crippen molar-refractivity contribution in [1.82, 2.24) is 20.4 Å². The van der Waals surface area contributed by atoms with Crippen molar-refractivity contribution in [1.29, 1.82) is 0 Å². The highest BCUT2D eigenvalue weighted by Gasteiger charge is 2.38. The number of nitrogens with one attached hydrogen (secondary N) is 2. The standard InChI is InChI=1S/C17H19N5O4S/c1-26-10-14-20-21-16(27-14)19-13(23)9-12-15(24)22(17(25)18-12)8-7-11-5-3-2-4-6-11/h2-6,12H,7-10H2,1H3,(H,18,25)(H,19,21,23)/t12-/m1/s1. The summed E-state index contributed by atoms with van der Waals surface area (Å²) >= 11 is 1.19. The molecular formula is C17H19N5O4S. The number of anilines is 1. The fourth-order valence-electron chi connectivity index (χ4n) is 2.65. The summed E-state index contributed by atoms with van der Waals surface area (Å²) in [6, 6.07) is 8.22. The van der Waals surface area contributed by atoms with Crippen molar-refractivity contribution in [2.45, 2.75) is 25.5 Å². The number of methoxy groups -OCH3 is 1. The van der Waals surface area contributed by atoms with E-state index in [4.69, 9.17) is 4.74 Å². The summed E-state index contributed by atoms with van der Waals surface area (Å²) in [7, 11) is 1.54. The molecule has 0 saturated carbocycles. The monoisotopic (exact) mass is 389 g/mol. The molecule has 0 spiro atoms. The van der Waals surface area contributed by atoms with Crippen LogP contribution in [0.1, 0.15) is 17.0 Å². The maximum Gasteiger partial charge on any atom is 0.324 e. The van der Waals surface area contributed by atoms with E-state index in [1.165, 1.54) is 18.4 Å². The summed E-state index contributed by atoms with van der Waals surface area (Å²) in [6.07, 6.45) is 0.400. The number of amides is 4. The molecule has 1 aromatic carbocycles. The van der Waals surface area contributed by atoms with E-state index < -0.39 is 23.9 Å². The van der Waals surface area contributed by atoms with Crippen LogP contribution in [0, 0.1) is 0 Å². The predicted octanol–water partition coefficient (Wildman–Crippen LogP) is 1.18. The average Bonchev–Trinajstić information content (AvgIpc) is 3.19. The van der Waals surface area contributed by atoms with E-state index in [1.54, 1.807) is 0 Å². The molecule has 0 unspecified atom stereocenters. The number of aromatic nitrogens is 2. The summed E-state index contributed by atoms with van der Waals surface area (Å²) in [5.41, 5.74) is 1.03. The lowest BCUT2D eigenvalue weighted by atomic mass is 10.1. The Morgan fingerprint density at radius 1 is 1.30 bits per heavy atom. The first kappa shape index (κ1) is 18.9. The molecule has 0 bridgehead atoms. The number of ether oxygens (including phenoxy) is 1. The molecule has 1 aliphatic heterocycles. The van der Waals surface area contributed by atoms with Gasteiger partial charge in [-0.15, -0.1) is 10.2 Å². The molecule has 1 aliphatic rings. The fraction of sp³-hybridized carbons (Fsp3) is 0.353. The number of rotatable bonds is 8. The molecule has 10 heteroatoms. The third-order valence-corrected chi connectivity index (χ3v) is 4.76. The normalized spacial score (nSPS) is 16.5. The van der Waals surface area contributed by atoms with Crippen molar-refractivity contribution < 1.29 is 19.1 Å². The minimum absolute atomic E-state index is 0.161. The van der Waals surface area contributed by atoms with Gasteiger partial charge in [0.05, 0.1) is 6.42 Å². The highest BCUT2D eigenvalue weighted by atomic mass is 32.1. The molecule has 2 N–H and O–H groups in total. The lowest BCUT2D eigenvalue weighted by Gasteiger charge is -2.12. The van der Waals surface area contributed by atoms with Crippen LogP contribution in [-0.2, 0) is 27.4 Å². The van der Waals surface area contributed by atoms with Gasteiger partial charge in [0.1, 0.15) is 17.7 Å². The maximum atomic E-state index is 12.4. The number of hydrogen-bond acceptors (Lipinski definition) is 7. The molecule has 27 heavy (non-hydrogen) atoms. The summed E-state index contributed by atoms with van der Waals surface area (Å²) in [4.78, 5) is 37.8. The number of carbonyl (C=O) groups excluding carboxylic acids is 3. The minimum Gasteiger partial charge on any atom is -0.377 e. The lowest BCUT2D eigenvalue weighted by molar-refractivity contribution is -0.129. The van der Waals surface area contributed by atoms with Crippen LogP contribution in [0.2, 0.25) is 0 Å². The van der Waals surface area contributed by atoms with Gasteiger partial charge in [0.25, 0.3) is 5.91 Å². The van der Waals surface area contributed by atoms with Crippen LogP contribution < -0.4 is 10.6 Å². The smallest absolute Gasteiger partial charge is 0.324 e. The Morgan fingerprint density at radius 3 is 2.81 bits per heavy atom. The van der Waals surface area contributed by atoms with Gasteiger partial charge in [-0.05, 0) is 12.0 Å². The third kappa shape index (κ3) is 4.86. The number of imide groups is 1. The average molecular weight is 389 g/mol. The van der Waals surface area contributed by atoms with E-state index in [2.05, 4.69) is 20.8 Å². The van der Waals surface area contributed by atoms with Crippen molar-refractivity contribution in [2.24, 2.45) is 0 Å². The third-order valence-electron chi connectivity index (χ3n) is 3.94. The second kappa shape index (κ2) is 8.69. The van der Waals surface area contributed by atoms with Crippen LogP contribution >= 0.6 is 11.3 Å². The van der Waals surface area contributed by atoms with Gasteiger partial charge < -0.3 is 15.4 Å². The van der Waals surface area contributed by atoms with E-state index in [9.17, 15) is 14.4 Å². The zero-order valence-electron chi connectivity index (χ0n) is 14.7. The Balaban J connectivity index is 1.52. The van der Waals surface area contributed by atoms with Crippen molar-refractivity contribution >= 4 is 34.3 Å². The van der Waals surface area contributed by atoms with Gasteiger partial charge in [-0.2, -0.15) is 0 Å². The Labute approximate surface area is 159 Å². The number of urea groups is 1. The van der Waals surface area contributed by atoms with E-state index in [0.29, 0.717) is 23.2 Å². The first-order valence-corrected chi connectivity index (χ1v) is 9.15. The zero-order valence-corrected chi connectivity index (χ0v) is 15.5. The summed E-state index contributed by atoms with van der Waals surface area (Å²) in [5, 5.41) is 13.8. The lowest BCUT2D eigenvalue weighted by Crippen LogP contribution is -2.34. The van der Waals surface area contributed by atoms with Gasteiger partial charge in [-0.25, -0.2) is 4.79 Å². The molecule has 0 aliphatic carbocycles. The molecule has 142 valence electrons. The second-order valence-electron chi connectivity index (χ2n) is 5.91. The number of carbonyl (C=O) groups is 3. The van der Waals surface area contributed by atoms with Gasteiger partial charge in [0.2, 0.25) is 11.0 Å². The van der Waals surface area contributed by atoms with E-state index in [-0.39, 0.29) is 13.0 Å². The Bertz CT molecular complexity index is 826. The first-order valence-electron chi connectivity index (χ1n) is 8.34. The predicted molar refractivity (Wildman–Crippen MR) is 98.0 cm³/mol. The largest absolute Gasteiger partial charge is 0.377 e. The number of nitrogens with zero attached hydrogens (tertiary/aromatic N) is 3.